The molecule has 0 bridgehead atoms. The third-order valence-corrected chi connectivity index (χ3v) is 8.08. The second-order valence-corrected chi connectivity index (χ2v) is 10.3. The van der Waals surface area contributed by atoms with Crippen LogP contribution in [0.15, 0.2) is 53.5 Å². The van der Waals surface area contributed by atoms with Crippen LogP contribution in [0.3, 0.4) is 0 Å². The van der Waals surface area contributed by atoms with Crippen molar-refractivity contribution in [2.45, 2.75) is 18.2 Å². The van der Waals surface area contributed by atoms with E-state index in [0.29, 0.717) is 16.5 Å². The topological polar surface area (TPSA) is 76.0 Å². The number of fused-ring (bicyclic) bond motifs is 1. The highest BCUT2D eigenvalue weighted by atomic mass is 32.2. The van der Waals surface area contributed by atoms with Crippen LogP contribution in [0.1, 0.15) is 15.9 Å². The highest BCUT2D eigenvalue weighted by Gasteiger charge is 2.50. The number of para-hydroxylation sites is 2. The van der Waals surface area contributed by atoms with E-state index in [9.17, 15) is 13.2 Å². The number of hydrogen-bond donors (Lipinski definition) is 0. The fourth-order valence-corrected chi connectivity index (χ4v) is 7.51. The van der Waals surface area contributed by atoms with Gasteiger partial charge in [0.05, 0.1) is 30.3 Å². The first-order chi connectivity index (χ1) is 13.4. The number of rotatable bonds is 3. The number of hydrogen-bond acceptors (Lipinski definition) is 5. The van der Waals surface area contributed by atoms with E-state index < -0.39 is 9.84 Å². The Bertz CT molecular complexity index is 1070. The van der Waals surface area contributed by atoms with Crippen LogP contribution in [0, 0.1) is 6.92 Å². The van der Waals surface area contributed by atoms with Crippen molar-refractivity contribution < 1.29 is 17.9 Å². The summed E-state index contributed by atoms with van der Waals surface area (Å²) in [7, 11) is -1.55. The zero-order chi connectivity index (χ0) is 19.9. The number of amidine groups is 1. The molecule has 146 valence electrons. The third-order valence-electron chi connectivity index (χ3n) is 4.87. The minimum atomic E-state index is -3.12. The molecule has 1 amide bonds. The van der Waals surface area contributed by atoms with Gasteiger partial charge in [-0.15, -0.1) is 0 Å². The predicted octanol–water partition coefficient (Wildman–Crippen LogP) is 2.92. The summed E-state index contributed by atoms with van der Waals surface area (Å²) in [5.41, 5.74) is 2.21. The van der Waals surface area contributed by atoms with Crippen molar-refractivity contribution in [2.75, 3.05) is 23.5 Å². The van der Waals surface area contributed by atoms with Gasteiger partial charge in [0.25, 0.3) is 5.91 Å². The monoisotopic (exact) mass is 416 g/mol. The van der Waals surface area contributed by atoms with Gasteiger partial charge in [-0.3, -0.25) is 4.79 Å². The predicted molar refractivity (Wildman–Crippen MR) is 112 cm³/mol. The SMILES string of the molecule is COc1ccccc1N1C(=NC(=O)c2cccc(C)c2)S[C@H]2CS(=O)(=O)C[C@H]21. The zero-order valence-corrected chi connectivity index (χ0v) is 17.2. The number of methoxy groups -OCH3 is 1. The summed E-state index contributed by atoms with van der Waals surface area (Å²) in [4.78, 5) is 19.0. The van der Waals surface area contributed by atoms with Gasteiger partial charge in [-0.05, 0) is 31.2 Å². The molecule has 0 aliphatic carbocycles. The van der Waals surface area contributed by atoms with Crippen LogP contribution >= 0.6 is 11.8 Å². The summed E-state index contributed by atoms with van der Waals surface area (Å²) >= 11 is 1.35. The molecule has 0 aromatic heterocycles. The van der Waals surface area contributed by atoms with Crippen LogP contribution in [0.4, 0.5) is 5.69 Å². The lowest BCUT2D eigenvalue weighted by Crippen LogP contribution is -2.38. The van der Waals surface area contributed by atoms with Crippen LogP contribution in [-0.4, -0.2) is 49.4 Å². The Morgan fingerprint density at radius 1 is 1.18 bits per heavy atom. The molecule has 2 atom stereocenters. The van der Waals surface area contributed by atoms with Crippen LogP contribution in [0.5, 0.6) is 5.75 Å². The summed E-state index contributed by atoms with van der Waals surface area (Å²) in [6.07, 6.45) is 0. The van der Waals surface area contributed by atoms with Crippen molar-refractivity contribution in [1.29, 1.82) is 0 Å². The molecule has 2 fully saturated rings. The largest absolute Gasteiger partial charge is 0.495 e. The van der Waals surface area contributed by atoms with E-state index in [4.69, 9.17) is 4.74 Å². The average molecular weight is 417 g/mol. The Kier molecular flexibility index (Phi) is 4.93. The fraction of sp³-hybridized carbons (Fsp3) is 0.300. The average Bonchev–Trinajstić information content (AvgIpc) is 3.12. The molecule has 0 saturated carbocycles. The normalized spacial score (nSPS) is 24.4. The van der Waals surface area contributed by atoms with Gasteiger partial charge in [0.2, 0.25) is 0 Å². The number of ether oxygens (including phenoxy) is 1. The number of sulfone groups is 1. The lowest BCUT2D eigenvalue weighted by molar-refractivity contribution is 0.100. The van der Waals surface area contributed by atoms with E-state index in [-0.39, 0.29) is 28.7 Å². The van der Waals surface area contributed by atoms with Crippen molar-refractivity contribution in [1.82, 2.24) is 0 Å². The number of aliphatic imine (C=N–C) groups is 1. The first-order valence-corrected chi connectivity index (χ1v) is 11.6. The highest BCUT2D eigenvalue weighted by molar-refractivity contribution is 8.16. The molecule has 4 rings (SSSR count). The Morgan fingerprint density at radius 2 is 1.96 bits per heavy atom. The molecule has 0 unspecified atom stereocenters. The Hall–Kier alpha value is -2.32. The van der Waals surface area contributed by atoms with Crippen molar-refractivity contribution in [3.05, 3.63) is 59.7 Å². The van der Waals surface area contributed by atoms with E-state index in [1.807, 2.05) is 48.2 Å². The number of nitrogens with zero attached hydrogens (tertiary/aromatic N) is 2. The fourth-order valence-electron chi connectivity index (χ4n) is 3.60. The maximum absolute atomic E-state index is 12.8. The molecule has 0 spiro atoms. The van der Waals surface area contributed by atoms with Crippen LogP contribution < -0.4 is 9.64 Å². The van der Waals surface area contributed by atoms with Gasteiger partial charge in [0.15, 0.2) is 15.0 Å². The van der Waals surface area contributed by atoms with Crippen LogP contribution in [0.2, 0.25) is 0 Å². The first-order valence-electron chi connectivity index (χ1n) is 8.87. The van der Waals surface area contributed by atoms with Gasteiger partial charge in [-0.25, -0.2) is 8.42 Å². The molecule has 2 aliphatic rings. The summed E-state index contributed by atoms with van der Waals surface area (Å²) in [5.74, 6) is 0.407. The third kappa shape index (κ3) is 3.54. The van der Waals surface area contributed by atoms with Crippen molar-refractivity contribution in [3.8, 4) is 5.75 Å². The Labute approximate surface area is 168 Å². The number of carbonyl (C=O) groups is 1. The summed E-state index contributed by atoms with van der Waals surface area (Å²) in [6, 6.07) is 14.4. The van der Waals surface area contributed by atoms with Crippen molar-refractivity contribution >= 4 is 38.4 Å². The maximum atomic E-state index is 12.8. The number of thioether (sulfide) groups is 1. The van der Waals surface area contributed by atoms with Gasteiger partial charge in [0.1, 0.15) is 5.75 Å². The molecule has 2 heterocycles. The Balaban J connectivity index is 1.76. The summed E-state index contributed by atoms with van der Waals surface area (Å²) < 4.78 is 29.8. The summed E-state index contributed by atoms with van der Waals surface area (Å²) in [6.45, 7) is 1.92. The number of carbonyl (C=O) groups excluding carboxylic acids is 1. The molecule has 0 radical (unpaired) electrons. The van der Waals surface area contributed by atoms with E-state index >= 15 is 0 Å². The van der Waals surface area contributed by atoms with E-state index in [2.05, 4.69) is 4.99 Å². The molecule has 2 aliphatic heterocycles. The van der Waals surface area contributed by atoms with Gasteiger partial charge in [-0.2, -0.15) is 4.99 Å². The van der Waals surface area contributed by atoms with E-state index in [1.54, 1.807) is 19.2 Å². The molecule has 2 aromatic rings. The van der Waals surface area contributed by atoms with Gasteiger partial charge in [0, 0.05) is 10.8 Å². The number of anilines is 1. The standard InChI is InChI=1S/C20H20N2O4S2/c1-13-6-5-7-14(10-13)19(23)21-20-22(15-8-3-4-9-17(15)26-2)16-11-28(24,25)12-18(16)27-20/h3-10,16,18H,11-12H2,1-2H3/t16-,18+/m1/s1. The Morgan fingerprint density at radius 3 is 2.71 bits per heavy atom. The van der Waals surface area contributed by atoms with Gasteiger partial charge < -0.3 is 9.64 Å². The van der Waals surface area contributed by atoms with Gasteiger partial charge in [-0.1, -0.05) is 41.6 Å². The molecular formula is C20H20N2O4S2. The highest BCUT2D eigenvalue weighted by Crippen LogP contribution is 2.43. The zero-order valence-electron chi connectivity index (χ0n) is 15.5. The molecule has 0 N–H and O–H groups in total. The van der Waals surface area contributed by atoms with Crippen molar-refractivity contribution in [3.63, 3.8) is 0 Å². The second-order valence-electron chi connectivity index (χ2n) is 6.91. The molecule has 2 aromatic carbocycles. The number of aryl methyl sites for hydroxylation is 1. The smallest absolute Gasteiger partial charge is 0.279 e. The lowest BCUT2D eigenvalue weighted by Gasteiger charge is -2.26. The molecule has 8 heteroatoms. The van der Waals surface area contributed by atoms with E-state index in [0.717, 1.165) is 11.3 Å². The van der Waals surface area contributed by atoms with Crippen molar-refractivity contribution in [2.24, 2.45) is 4.99 Å². The lowest BCUT2D eigenvalue weighted by atomic mass is 10.1. The quantitative estimate of drug-likeness (QED) is 0.766. The molecule has 2 saturated heterocycles. The molecule has 28 heavy (non-hydrogen) atoms. The minimum Gasteiger partial charge on any atom is -0.495 e. The molecule has 6 nitrogen and oxygen atoms in total. The van der Waals surface area contributed by atoms with Crippen LogP contribution in [-0.2, 0) is 9.84 Å². The molecular weight excluding hydrogens is 396 g/mol. The summed E-state index contributed by atoms with van der Waals surface area (Å²) in [5, 5.41) is 0.361. The number of amides is 1. The number of benzene rings is 2. The first kappa shape index (κ1) is 19.0. The van der Waals surface area contributed by atoms with Gasteiger partial charge >= 0.3 is 0 Å². The minimum absolute atomic E-state index is 0.0420. The van der Waals surface area contributed by atoms with Crippen LogP contribution in [0.25, 0.3) is 0 Å². The second kappa shape index (κ2) is 7.25. The maximum Gasteiger partial charge on any atom is 0.279 e. The van der Waals surface area contributed by atoms with E-state index in [1.165, 1.54) is 11.8 Å².